The summed E-state index contributed by atoms with van der Waals surface area (Å²) in [6, 6.07) is 5.84. The van der Waals surface area contributed by atoms with Gasteiger partial charge >= 0.3 is 5.69 Å². The summed E-state index contributed by atoms with van der Waals surface area (Å²) in [6.45, 7) is 8.09. The van der Waals surface area contributed by atoms with Gasteiger partial charge < -0.3 is 5.32 Å². The topological polar surface area (TPSA) is 81.0 Å². The summed E-state index contributed by atoms with van der Waals surface area (Å²) in [7, 11) is 0. The SMILES string of the molecule is CCNc1nc(C)c([N+](=O)[O-])c(-c2cc(C)ccc2C)n1. The molecule has 0 bridgehead atoms. The minimum atomic E-state index is -0.415. The van der Waals surface area contributed by atoms with Crippen LogP contribution in [-0.2, 0) is 0 Å². The van der Waals surface area contributed by atoms with Crippen molar-refractivity contribution in [2.75, 3.05) is 11.9 Å². The summed E-state index contributed by atoms with van der Waals surface area (Å²) in [6.07, 6.45) is 0. The Hall–Kier alpha value is -2.50. The Morgan fingerprint density at radius 3 is 2.57 bits per heavy atom. The van der Waals surface area contributed by atoms with Crippen LogP contribution in [0.5, 0.6) is 0 Å². The predicted octanol–water partition coefficient (Wildman–Crippen LogP) is 3.41. The van der Waals surface area contributed by atoms with Gasteiger partial charge in [-0.2, -0.15) is 0 Å². The number of nitrogens with one attached hydrogen (secondary N) is 1. The third-order valence-electron chi connectivity index (χ3n) is 3.22. The summed E-state index contributed by atoms with van der Waals surface area (Å²) >= 11 is 0. The van der Waals surface area contributed by atoms with Crippen molar-refractivity contribution < 1.29 is 4.92 Å². The third kappa shape index (κ3) is 2.99. The van der Waals surface area contributed by atoms with E-state index >= 15 is 0 Å². The molecule has 0 spiro atoms. The molecule has 0 aliphatic carbocycles. The number of nitrogens with zero attached hydrogens (tertiary/aromatic N) is 3. The number of hydrogen-bond acceptors (Lipinski definition) is 5. The average Bonchev–Trinajstić information content (AvgIpc) is 2.40. The number of aryl methyl sites for hydroxylation is 3. The van der Waals surface area contributed by atoms with Crippen LogP contribution in [0.15, 0.2) is 18.2 Å². The molecule has 0 aliphatic heterocycles. The van der Waals surface area contributed by atoms with E-state index in [4.69, 9.17) is 0 Å². The van der Waals surface area contributed by atoms with Crippen LogP contribution in [-0.4, -0.2) is 21.4 Å². The lowest BCUT2D eigenvalue weighted by Gasteiger charge is -2.11. The molecule has 0 atom stereocenters. The maximum Gasteiger partial charge on any atom is 0.316 e. The van der Waals surface area contributed by atoms with E-state index in [0.717, 1.165) is 16.7 Å². The van der Waals surface area contributed by atoms with E-state index in [0.29, 0.717) is 23.9 Å². The van der Waals surface area contributed by atoms with E-state index in [1.165, 1.54) is 0 Å². The van der Waals surface area contributed by atoms with Gasteiger partial charge in [-0.15, -0.1) is 0 Å². The molecule has 1 heterocycles. The molecule has 0 amide bonds. The zero-order chi connectivity index (χ0) is 15.6. The zero-order valence-corrected chi connectivity index (χ0v) is 12.6. The van der Waals surface area contributed by atoms with E-state index in [2.05, 4.69) is 15.3 Å². The van der Waals surface area contributed by atoms with Gasteiger partial charge in [0.2, 0.25) is 5.95 Å². The van der Waals surface area contributed by atoms with Crippen LogP contribution in [0.1, 0.15) is 23.7 Å². The Labute approximate surface area is 123 Å². The fourth-order valence-corrected chi connectivity index (χ4v) is 2.20. The zero-order valence-electron chi connectivity index (χ0n) is 12.6. The lowest BCUT2D eigenvalue weighted by molar-refractivity contribution is -0.385. The highest BCUT2D eigenvalue weighted by Gasteiger charge is 2.24. The molecule has 0 radical (unpaired) electrons. The molecule has 1 aromatic carbocycles. The molecule has 21 heavy (non-hydrogen) atoms. The smallest absolute Gasteiger partial charge is 0.316 e. The summed E-state index contributed by atoms with van der Waals surface area (Å²) < 4.78 is 0. The highest BCUT2D eigenvalue weighted by Crippen LogP contribution is 2.33. The minimum absolute atomic E-state index is 0.0367. The minimum Gasteiger partial charge on any atom is -0.354 e. The van der Waals surface area contributed by atoms with Crippen molar-refractivity contribution in [3.8, 4) is 11.3 Å². The van der Waals surface area contributed by atoms with Gasteiger partial charge in [-0.05, 0) is 39.3 Å². The highest BCUT2D eigenvalue weighted by molar-refractivity contribution is 5.74. The molecule has 2 aromatic rings. The summed E-state index contributed by atoms with van der Waals surface area (Å²) in [5.41, 5.74) is 3.44. The largest absolute Gasteiger partial charge is 0.354 e. The number of hydrogen-bond donors (Lipinski definition) is 1. The lowest BCUT2D eigenvalue weighted by Crippen LogP contribution is -2.08. The first-order chi connectivity index (χ1) is 9.93. The van der Waals surface area contributed by atoms with Gasteiger partial charge in [-0.25, -0.2) is 9.97 Å². The number of nitro groups is 1. The maximum absolute atomic E-state index is 11.4. The first-order valence-corrected chi connectivity index (χ1v) is 6.78. The average molecular weight is 286 g/mol. The second-order valence-electron chi connectivity index (χ2n) is 4.94. The van der Waals surface area contributed by atoms with E-state index in [1.54, 1.807) is 6.92 Å². The van der Waals surface area contributed by atoms with Crippen LogP contribution in [0.25, 0.3) is 11.3 Å². The molecule has 6 heteroatoms. The number of rotatable bonds is 4. The molecular weight excluding hydrogens is 268 g/mol. The number of aromatic nitrogens is 2. The molecule has 0 aliphatic rings. The summed E-state index contributed by atoms with van der Waals surface area (Å²) in [4.78, 5) is 19.5. The van der Waals surface area contributed by atoms with E-state index in [1.807, 2.05) is 39.0 Å². The van der Waals surface area contributed by atoms with Crippen molar-refractivity contribution in [1.29, 1.82) is 0 Å². The van der Waals surface area contributed by atoms with Crippen molar-refractivity contribution in [2.24, 2.45) is 0 Å². The van der Waals surface area contributed by atoms with E-state index < -0.39 is 4.92 Å². The molecule has 0 unspecified atom stereocenters. The molecule has 1 aromatic heterocycles. The monoisotopic (exact) mass is 286 g/mol. The maximum atomic E-state index is 11.4. The van der Waals surface area contributed by atoms with Gasteiger partial charge in [-0.3, -0.25) is 10.1 Å². The third-order valence-corrected chi connectivity index (χ3v) is 3.22. The van der Waals surface area contributed by atoms with Crippen LogP contribution in [0, 0.1) is 30.9 Å². The van der Waals surface area contributed by atoms with Gasteiger partial charge in [-0.1, -0.05) is 17.7 Å². The Bertz CT molecular complexity index is 698. The lowest BCUT2D eigenvalue weighted by atomic mass is 10.0. The second kappa shape index (κ2) is 5.87. The van der Waals surface area contributed by atoms with Crippen LogP contribution in [0.4, 0.5) is 11.6 Å². The van der Waals surface area contributed by atoms with E-state index in [9.17, 15) is 10.1 Å². The predicted molar refractivity (Wildman–Crippen MR) is 82.5 cm³/mol. The molecule has 110 valence electrons. The van der Waals surface area contributed by atoms with Crippen molar-refractivity contribution in [3.05, 3.63) is 45.1 Å². The highest BCUT2D eigenvalue weighted by atomic mass is 16.6. The molecule has 0 fully saturated rings. The van der Waals surface area contributed by atoms with Crippen LogP contribution >= 0.6 is 0 Å². The van der Waals surface area contributed by atoms with Crippen molar-refractivity contribution in [2.45, 2.75) is 27.7 Å². The van der Waals surface area contributed by atoms with Gasteiger partial charge in [0.05, 0.1) is 4.92 Å². The second-order valence-corrected chi connectivity index (χ2v) is 4.94. The van der Waals surface area contributed by atoms with Gasteiger partial charge in [0.25, 0.3) is 0 Å². The summed E-state index contributed by atoms with van der Waals surface area (Å²) in [5.74, 6) is 0.413. The first kappa shape index (κ1) is 14.9. The Morgan fingerprint density at radius 1 is 1.24 bits per heavy atom. The first-order valence-electron chi connectivity index (χ1n) is 6.78. The van der Waals surface area contributed by atoms with E-state index in [-0.39, 0.29) is 5.69 Å². The quantitative estimate of drug-likeness (QED) is 0.688. The molecule has 0 saturated heterocycles. The molecular formula is C15H18N4O2. The van der Waals surface area contributed by atoms with Gasteiger partial charge in [0.1, 0.15) is 5.69 Å². The van der Waals surface area contributed by atoms with Gasteiger partial charge in [0.15, 0.2) is 5.69 Å². The molecule has 2 rings (SSSR count). The standard InChI is InChI=1S/C15H18N4O2/c1-5-16-15-17-11(4)14(19(20)21)13(18-15)12-8-9(2)6-7-10(12)3/h6-8H,5H2,1-4H3,(H,16,17,18). The van der Waals surface area contributed by atoms with Crippen molar-refractivity contribution in [1.82, 2.24) is 9.97 Å². The fourth-order valence-electron chi connectivity index (χ4n) is 2.20. The Kier molecular flexibility index (Phi) is 4.16. The van der Waals surface area contributed by atoms with Crippen molar-refractivity contribution in [3.63, 3.8) is 0 Å². The van der Waals surface area contributed by atoms with Crippen molar-refractivity contribution >= 4 is 11.6 Å². The Morgan fingerprint density at radius 2 is 1.95 bits per heavy atom. The summed E-state index contributed by atoms with van der Waals surface area (Å²) in [5, 5.41) is 14.4. The number of benzene rings is 1. The van der Waals surface area contributed by atoms with Crippen LogP contribution in [0.2, 0.25) is 0 Å². The Balaban J connectivity index is 2.75. The molecule has 0 saturated carbocycles. The molecule has 6 nitrogen and oxygen atoms in total. The van der Waals surface area contributed by atoms with Gasteiger partial charge in [0, 0.05) is 12.1 Å². The van der Waals surface area contributed by atoms with Crippen LogP contribution in [0.3, 0.4) is 0 Å². The molecule has 1 N–H and O–H groups in total. The number of anilines is 1. The van der Waals surface area contributed by atoms with Crippen LogP contribution < -0.4 is 5.32 Å². The normalized spacial score (nSPS) is 10.5. The fraction of sp³-hybridized carbons (Fsp3) is 0.333.